The maximum Gasteiger partial charge on any atom is 0.146 e. The van der Waals surface area contributed by atoms with Crippen LogP contribution in [-0.2, 0) is 0 Å². The zero-order valence-corrected chi connectivity index (χ0v) is 30.7. The molecule has 0 bridgehead atoms. The smallest absolute Gasteiger partial charge is 0.146 e. The lowest BCUT2D eigenvalue weighted by Crippen LogP contribution is -2.45. The van der Waals surface area contributed by atoms with Crippen molar-refractivity contribution in [3.63, 3.8) is 0 Å². The van der Waals surface area contributed by atoms with E-state index in [1.165, 1.54) is 21.8 Å². The molecule has 2 N–H and O–H groups in total. The van der Waals surface area contributed by atoms with Crippen LogP contribution in [-0.4, -0.2) is 10.4 Å². The van der Waals surface area contributed by atoms with Crippen molar-refractivity contribution in [3.05, 3.63) is 199 Å². The van der Waals surface area contributed by atoms with Crippen LogP contribution >= 0.6 is 0 Å². The van der Waals surface area contributed by atoms with E-state index in [-0.39, 0.29) is 12.3 Å². The van der Waals surface area contributed by atoms with Gasteiger partial charge in [0.25, 0.3) is 0 Å². The number of hydrogen-bond acceptors (Lipinski definition) is 5. The van der Waals surface area contributed by atoms with Gasteiger partial charge >= 0.3 is 0 Å². The van der Waals surface area contributed by atoms with Crippen molar-refractivity contribution in [2.45, 2.75) is 12.3 Å². The zero-order valence-electron chi connectivity index (χ0n) is 30.7. The highest BCUT2D eigenvalue weighted by Crippen LogP contribution is 2.39. The summed E-state index contributed by atoms with van der Waals surface area (Å²) in [6.07, 6.45) is -0.365. The van der Waals surface area contributed by atoms with E-state index >= 15 is 0 Å². The van der Waals surface area contributed by atoms with Gasteiger partial charge in [0.05, 0.1) is 16.6 Å². The molecule has 1 aliphatic rings. The van der Waals surface area contributed by atoms with E-state index in [4.69, 9.17) is 13.8 Å². The summed E-state index contributed by atoms with van der Waals surface area (Å²) >= 11 is 0. The van der Waals surface area contributed by atoms with Gasteiger partial charge in [0.15, 0.2) is 0 Å². The number of amidine groups is 1. The molecule has 12 rings (SSSR count). The molecule has 4 heterocycles. The second kappa shape index (κ2) is 12.6. The first-order chi connectivity index (χ1) is 28.2. The molecule has 8 aromatic carbocycles. The zero-order chi connectivity index (χ0) is 37.5. The first-order valence-corrected chi connectivity index (χ1v) is 19.3. The minimum Gasteiger partial charge on any atom is -0.456 e. The minimum absolute atomic E-state index is 0.136. The van der Waals surface area contributed by atoms with Crippen LogP contribution in [0.1, 0.15) is 29.0 Å². The van der Waals surface area contributed by atoms with E-state index in [9.17, 15) is 0 Å². The molecule has 0 amide bonds. The lowest BCUT2D eigenvalue weighted by Gasteiger charge is -2.32. The van der Waals surface area contributed by atoms with Crippen LogP contribution in [0.25, 0.3) is 82.5 Å². The van der Waals surface area contributed by atoms with Gasteiger partial charge in [0.2, 0.25) is 0 Å². The van der Waals surface area contributed by atoms with E-state index in [1.54, 1.807) is 0 Å². The van der Waals surface area contributed by atoms with Crippen LogP contribution in [0.15, 0.2) is 196 Å². The molecule has 11 aromatic rings. The molecule has 0 saturated heterocycles. The summed E-state index contributed by atoms with van der Waals surface area (Å²) in [6.45, 7) is 0. The molecule has 2 unspecified atom stereocenters. The molecule has 0 radical (unpaired) electrons. The number of furan rings is 2. The Morgan fingerprint density at radius 1 is 0.456 bits per heavy atom. The van der Waals surface area contributed by atoms with Crippen LogP contribution in [0, 0.1) is 0 Å². The summed E-state index contributed by atoms with van der Waals surface area (Å²) in [5.74, 6) is 0.790. The maximum absolute atomic E-state index is 6.76. The molecular weight excluding hydrogens is 701 g/mol. The van der Waals surface area contributed by atoms with Crippen molar-refractivity contribution in [1.29, 1.82) is 0 Å². The number of fused-ring (bicyclic) bond motifs is 9. The van der Waals surface area contributed by atoms with E-state index in [0.717, 1.165) is 83.2 Å². The highest BCUT2D eigenvalue weighted by Gasteiger charge is 2.27. The van der Waals surface area contributed by atoms with Gasteiger partial charge in [0.1, 0.15) is 40.5 Å². The van der Waals surface area contributed by atoms with E-state index < -0.39 is 0 Å². The summed E-state index contributed by atoms with van der Waals surface area (Å²) in [6, 6.07) is 63.8. The van der Waals surface area contributed by atoms with Crippen LogP contribution in [0.3, 0.4) is 0 Å². The Balaban J connectivity index is 0.928. The molecule has 270 valence electrons. The number of aromatic nitrogens is 1. The highest BCUT2D eigenvalue weighted by atomic mass is 16.3. The third kappa shape index (κ3) is 5.12. The summed E-state index contributed by atoms with van der Waals surface area (Å²) in [5.41, 5.74) is 12.1. The molecule has 0 fully saturated rings. The lowest BCUT2D eigenvalue weighted by molar-refractivity contribution is 0.409. The predicted molar refractivity (Wildman–Crippen MR) is 232 cm³/mol. The second-order valence-corrected chi connectivity index (χ2v) is 14.8. The number of aliphatic imine (C=N–C) groups is 1. The fraction of sp³-hybridized carbons (Fsp3) is 0.0392. The molecule has 6 nitrogen and oxygen atoms in total. The van der Waals surface area contributed by atoms with Crippen LogP contribution in [0.2, 0.25) is 0 Å². The fourth-order valence-corrected chi connectivity index (χ4v) is 8.77. The number of hydrogen-bond donors (Lipinski definition) is 2. The maximum atomic E-state index is 6.76. The van der Waals surface area contributed by atoms with Crippen molar-refractivity contribution < 1.29 is 8.83 Å². The van der Waals surface area contributed by atoms with Crippen molar-refractivity contribution >= 4 is 71.5 Å². The Kier molecular flexibility index (Phi) is 7.03. The first-order valence-electron chi connectivity index (χ1n) is 19.3. The van der Waals surface area contributed by atoms with E-state index in [0.29, 0.717) is 0 Å². The Hall–Kier alpha value is -7.41. The van der Waals surface area contributed by atoms with Crippen LogP contribution < -0.4 is 10.6 Å². The van der Waals surface area contributed by atoms with Crippen LogP contribution in [0.4, 0.5) is 0 Å². The minimum atomic E-state index is -0.229. The average molecular weight is 735 g/mol. The quantitative estimate of drug-likeness (QED) is 0.185. The van der Waals surface area contributed by atoms with Crippen molar-refractivity contribution in [3.8, 4) is 16.8 Å². The van der Waals surface area contributed by atoms with Crippen molar-refractivity contribution in [1.82, 2.24) is 15.2 Å². The molecule has 0 spiro atoms. The van der Waals surface area contributed by atoms with Gasteiger partial charge in [-0.25, -0.2) is 4.99 Å². The number of benzene rings is 8. The lowest BCUT2D eigenvalue weighted by atomic mass is 10.0. The molecule has 0 saturated carbocycles. The topological polar surface area (TPSA) is 67.6 Å². The SMILES string of the molecule is c1ccc(C2N=C(c3cccc4c3oc3cc(-c5ccc6c(c5)oc5ccc(-n7c8ccccc8c8ccccc87)cc56)ccc34)NC(c3ccccc3)N2)cc1. The largest absolute Gasteiger partial charge is 0.456 e. The van der Waals surface area contributed by atoms with Gasteiger partial charge in [-0.3, -0.25) is 5.32 Å². The Bertz CT molecular complexity index is 3320. The third-order valence-electron chi connectivity index (χ3n) is 11.5. The molecule has 2 atom stereocenters. The van der Waals surface area contributed by atoms with Gasteiger partial charge in [-0.1, -0.05) is 121 Å². The van der Waals surface area contributed by atoms with Crippen molar-refractivity contribution in [2.24, 2.45) is 4.99 Å². The normalized spacial score (nSPS) is 15.9. The average Bonchev–Trinajstić information content (AvgIpc) is 3.95. The number of nitrogens with zero attached hydrogens (tertiary/aromatic N) is 2. The fourth-order valence-electron chi connectivity index (χ4n) is 8.77. The van der Waals surface area contributed by atoms with Gasteiger partial charge in [-0.15, -0.1) is 0 Å². The Morgan fingerprint density at radius 3 is 1.79 bits per heavy atom. The van der Waals surface area contributed by atoms with Gasteiger partial charge < -0.3 is 18.7 Å². The monoisotopic (exact) mass is 734 g/mol. The number of nitrogens with one attached hydrogen (secondary N) is 2. The number of rotatable bonds is 5. The molecule has 6 heteroatoms. The second-order valence-electron chi connectivity index (χ2n) is 14.8. The molecule has 3 aromatic heterocycles. The van der Waals surface area contributed by atoms with Crippen LogP contribution in [0.5, 0.6) is 0 Å². The van der Waals surface area contributed by atoms with Gasteiger partial charge in [-0.05, 0) is 82.9 Å². The summed E-state index contributed by atoms with van der Waals surface area (Å²) in [7, 11) is 0. The molecule has 1 aliphatic heterocycles. The standard InChI is InChI=1S/C51H34N4O2/c1-3-12-31(13-4-1)49-52-50(32-14-5-2-6-15-32)54-51(53-49)41-19-11-18-40-38-25-22-34(29-47(38)57-48(40)41)33-23-26-39-42-30-35(24-27-45(42)56-46(39)28-33)55-43-20-9-7-16-36(43)37-17-8-10-21-44(37)55/h1-30,49-50,52H,(H,53,54). The van der Waals surface area contributed by atoms with Gasteiger partial charge in [-0.2, -0.15) is 0 Å². The Morgan fingerprint density at radius 2 is 1.07 bits per heavy atom. The molecule has 57 heavy (non-hydrogen) atoms. The van der Waals surface area contributed by atoms with Crippen molar-refractivity contribution in [2.75, 3.05) is 0 Å². The predicted octanol–water partition coefficient (Wildman–Crippen LogP) is 12.6. The van der Waals surface area contributed by atoms with Gasteiger partial charge in [0, 0.05) is 38.0 Å². The summed E-state index contributed by atoms with van der Waals surface area (Å²) in [4.78, 5) is 5.20. The first kappa shape index (κ1) is 31.9. The molecule has 0 aliphatic carbocycles. The molecular formula is C51H34N4O2. The van der Waals surface area contributed by atoms with E-state index in [1.807, 2.05) is 12.1 Å². The highest BCUT2D eigenvalue weighted by molar-refractivity contribution is 6.15. The number of para-hydroxylation sites is 3. The Labute approximate surface area is 327 Å². The summed E-state index contributed by atoms with van der Waals surface area (Å²) < 4.78 is 15.6. The van der Waals surface area contributed by atoms with E-state index in [2.05, 4.69) is 185 Å². The third-order valence-corrected chi connectivity index (χ3v) is 11.5. The summed E-state index contributed by atoms with van der Waals surface area (Å²) in [5, 5.41) is 14.2.